The van der Waals surface area contributed by atoms with E-state index in [1.807, 2.05) is 12.1 Å². The van der Waals surface area contributed by atoms with Crippen LogP contribution < -0.4 is 14.2 Å². The number of carbonyl (C=O) groups excluding carboxylic acids is 3. The van der Waals surface area contributed by atoms with Gasteiger partial charge >= 0.3 is 5.97 Å². The van der Waals surface area contributed by atoms with E-state index in [0.29, 0.717) is 42.9 Å². The standard InChI is InChI=1S/C22H23NO7/c1-27-19-9-15-7-8-23(11-17(15)10-20(19)28-2)21(25)13-30-22(26)14-29-18-6-4-3-5-16(18)12-24/h3-6,9-10,12H,7-8,11,13-14H2,1-2H3. The fourth-order valence-electron chi connectivity index (χ4n) is 3.22. The highest BCUT2D eigenvalue weighted by Crippen LogP contribution is 2.33. The van der Waals surface area contributed by atoms with Crippen LogP contribution >= 0.6 is 0 Å². The molecule has 2 aromatic rings. The van der Waals surface area contributed by atoms with E-state index in [0.717, 1.165) is 11.1 Å². The second-order valence-electron chi connectivity index (χ2n) is 6.65. The van der Waals surface area contributed by atoms with E-state index in [9.17, 15) is 14.4 Å². The zero-order valence-electron chi connectivity index (χ0n) is 16.9. The van der Waals surface area contributed by atoms with Gasteiger partial charge in [-0.3, -0.25) is 9.59 Å². The van der Waals surface area contributed by atoms with Crippen LogP contribution in [-0.4, -0.2) is 57.0 Å². The lowest BCUT2D eigenvalue weighted by Crippen LogP contribution is -2.39. The fourth-order valence-corrected chi connectivity index (χ4v) is 3.22. The summed E-state index contributed by atoms with van der Waals surface area (Å²) < 4.78 is 21.0. The highest BCUT2D eigenvalue weighted by Gasteiger charge is 2.23. The van der Waals surface area contributed by atoms with Gasteiger partial charge in [-0.15, -0.1) is 0 Å². The van der Waals surface area contributed by atoms with Crippen molar-refractivity contribution < 1.29 is 33.3 Å². The molecule has 0 bridgehead atoms. The Balaban J connectivity index is 1.52. The van der Waals surface area contributed by atoms with Gasteiger partial charge in [-0.25, -0.2) is 4.79 Å². The SMILES string of the molecule is COc1cc2c(cc1OC)CN(C(=O)COC(=O)COc1ccccc1C=O)CC2. The van der Waals surface area contributed by atoms with Gasteiger partial charge in [0.15, 0.2) is 31.0 Å². The molecule has 0 saturated heterocycles. The van der Waals surface area contributed by atoms with E-state index in [1.54, 1.807) is 43.4 Å². The van der Waals surface area contributed by atoms with Crippen molar-refractivity contribution in [2.75, 3.05) is 34.0 Å². The summed E-state index contributed by atoms with van der Waals surface area (Å²) in [6, 6.07) is 10.3. The maximum absolute atomic E-state index is 12.5. The molecule has 0 atom stereocenters. The number of esters is 1. The molecule has 158 valence electrons. The molecule has 0 fully saturated rings. The Morgan fingerprint density at radius 3 is 2.40 bits per heavy atom. The first-order valence-electron chi connectivity index (χ1n) is 9.40. The number of rotatable bonds is 8. The Morgan fingerprint density at radius 2 is 1.70 bits per heavy atom. The minimum absolute atomic E-state index is 0.285. The summed E-state index contributed by atoms with van der Waals surface area (Å²) in [5, 5.41) is 0. The molecule has 0 aromatic heterocycles. The molecule has 0 N–H and O–H groups in total. The van der Waals surface area contributed by atoms with E-state index in [4.69, 9.17) is 18.9 Å². The molecule has 2 aromatic carbocycles. The van der Waals surface area contributed by atoms with E-state index in [2.05, 4.69) is 0 Å². The van der Waals surface area contributed by atoms with E-state index in [1.165, 1.54) is 0 Å². The summed E-state index contributed by atoms with van der Waals surface area (Å²) in [6.45, 7) is 0.148. The molecule has 0 unspecified atom stereocenters. The van der Waals surface area contributed by atoms with Crippen molar-refractivity contribution in [1.82, 2.24) is 4.90 Å². The predicted octanol–water partition coefficient (Wildman–Crippen LogP) is 2.02. The van der Waals surface area contributed by atoms with Gasteiger partial charge in [0.05, 0.1) is 19.8 Å². The van der Waals surface area contributed by atoms with Gasteiger partial charge < -0.3 is 23.8 Å². The third-order valence-electron chi connectivity index (χ3n) is 4.82. The van der Waals surface area contributed by atoms with Crippen molar-refractivity contribution in [3.63, 3.8) is 0 Å². The van der Waals surface area contributed by atoms with Gasteiger partial charge in [0.2, 0.25) is 0 Å². The molecule has 0 saturated carbocycles. The number of nitrogens with zero attached hydrogens (tertiary/aromatic N) is 1. The lowest BCUT2D eigenvalue weighted by Gasteiger charge is -2.29. The average Bonchev–Trinajstić information content (AvgIpc) is 2.79. The van der Waals surface area contributed by atoms with Crippen LogP contribution in [0.3, 0.4) is 0 Å². The first kappa shape index (κ1) is 21.2. The lowest BCUT2D eigenvalue weighted by molar-refractivity contribution is -0.154. The minimum Gasteiger partial charge on any atom is -0.493 e. The van der Waals surface area contributed by atoms with E-state index >= 15 is 0 Å². The quantitative estimate of drug-likeness (QED) is 0.483. The number of hydrogen-bond acceptors (Lipinski definition) is 7. The number of benzene rings is 2. The molecular formula is C22H23NO7. The largest absolute Gasteiger partial charge is 0.493 e. The van der Waals surface area contributed by atoms with Crippen LogP contribution in [0.25, 0.3) is 0 Å². The number of hydrogen-bond donors (Lipinski definition) is 0. The Kier molecular flexibility index (Phi) is 6.90. The molecule has 0 radical (unpaired) electrons. The van der Waals surface area contributed by atoms with Crippen molar-refractivity contribution in [3.8, 4) is 17.2 Å². The summed E-state index contributed by atoms with van der Waals surface area (Å²) in [5.74, 6) is 0.559. The topological polar surface area (TPSA) is 91.4 Å². The number of carbonyl (C=O) groups is 3. The summed E-state index contributed by atoms with van der Waals surface area (Å²) >= 11 is 0. The zero-order valence-corrected chi connectivity index (χ0v) is 16.9. The number of amides is 1. The molecule has 8 heteroatoms. The molecule has 1 amide bonds. The molecule has 3 rings (SSSR count). The van der Waals surface area contributed by atoms with Gasteiger partial charge in [0.1, 0.15) is 5.75 Å². The van der Waals surface area contributed by atoms with Crippen molar-refractivity contribution in [2.45, 2.75) is 13.0 Å². The Labute approximate surface area is 174 Å². The van der Waals surface area contributed by atoms with Crippen molar-refractivity contribution in [3.05, 3.63) is 53.1 Å². The number of para-hydroxylation sites is 1. The highest BCUT2D eigenvalue weighted by molar-refractivity contribution is 5.82. The van der Waals surface area contributed by atoms with Crippen LogP contribution in [0.2, 0.25) is 0 Å². The van der Waals surface area contributed by atoms with Gasteiger partial charge in [0, 0.05) is 13.1 Å². The van der Waals surface area contributed by atoms with Crippen LogP contribution in [-0.2, 0) is 27.3 Å². The first-order valence-corrected chi connectivity index (χ1v) is 9.40. The zero-order chi connectivity index (χ0) is 21.5. The van der Waals surface area contributed by atoms with E-state index in [-0.39, 0.29) is 18.3 Å². The number of fused-ring (bicyclic) bond motifs is 1. The second kappa shape index (κ2) is 9.78. The molecule has 0 aliphatic carbocycles. The number of methoxy groups -OCH3 is 2. The number of ether oxygens (including phenoxy) is 4. The summed E-state index contributed by atoms with van der Waals surface area (Å²) in [6.07, 6.45) is 1.31. The monoisotopic (exact) mass is 413 g/mol. The molecule has 0 spiro atoms. The van der Waals surface area contributed by atoms with Crippen LogP contribution in [0.4, 0.5) is 0 Å². The van der Waals surface area contributed by atoms with Crippen LogP contribution in [0, 0.1) is 0 Å². The summed E-state index contributed by atoms with van der Waals surface area (Å²) in [4.78, 5) is 37.0. The second-order valence-corrected chi connectivity index (χ2v) is 6.65. The fraction of sp³-hybridized carbons (Fsp3) is 0.318. The van der Waals surface area contributed by atoms with Crippen molar-refractivity contribution in [1.29, 1.82) is 0 Å². The molecule has 1 aliphatic rings. The average molecular weight is 413 g/mol. The predicted molar refractivity (Wildman–Crippen MR) is 107 cm³/mol. The third-order valence-corrected chi connectivity index (χ3v) is 4.82. The summed E-state index contributed by atoms with van der Waals surface area (Å²) in [7, 11) is 3.14. The van der Waals surface area contributed by atoms with Crippen molar-refractivity contribution in [2.24, 2.45) is 0 Å². The molecule has 1 aliphatic heterocycles. The number of aldehydes is 1. The van der Waals surface area contributed by atoms with Gasteiger partial charge in [-0.05, 0) is 41.8 Å². The maximum Gasteiger partial charge on any atom is 0.344 e. The van der Waals surface area contributed by atoms with Gasteiger partial charge in [-0.1, -0.05) is 12.1 Å². The third kappa shape index (κ3) is 4.89. The lowest BCUT2D eigenvalue weighted by atomic mass is 9.99. The Morgan fingerprint density at radius 1 is 1.00 bits per heavy atom. The Bertz CT molecular complexity index is 941. The minimum atomic E-state index is -0.687. The Hall–Kier alpha value is -3.55. The van der Waals surface area contributed by atoms with Crippen molar-refractivity contribution >= 4 is 18.2 Å². The van der Waals surface area contributed by atoms with Crippen LogP contribution in [0.15, 0.2) is 36.4 Å². The summed E-state index contributed by atoms with van der Waals surface area (Å²) in [5.41, 5.74) is 2.39. The molecular weight excluding hydrogens is 390 g/mol. The van der Waals surface area contributed by atoms with Gasteiger partial charge in [0.25, 0.3) is 5.91 Å². The van der Waals surface area contributed by atoms with Crippen LogP contribution in [0.1, 0.15) is 21.5 Å². The highest BCUT2D eigenvalue weighted by atomic mass is 16.6. The molecule has 8 nitrogen and oxygen atoms in total. The normalized spacial score (nSPS) is 12.5. The van der Waals surface area contributed by atoms with Crippen LogP contribution in [0.5, 0.6) is 17.2 Å². The maximum atomic E-state index is 12.5. The van der Waals surface area contributed by atoms with E-state index < -0.39 is 12.6 Å². The first-order chi connectivity index (χ1) is 14.5. The van der Waals surface area contributed by atoms with Gasteiger partial charge in [-0.2, -0.15) is 0 Å². The molecule has 1 heterocycles. The smallest absolute Gasteiger partial charge is 0.344 e. The molecule has 30 heavy (non-hydrogen) atoms.